The Bertz CT molecular complexity index is 1030. The second kappa shape index (κ2) is 7.57. The van der Waals surface area contributed by atoms with Crippen molar-refractivity contribution in [2.24, 2.45) is 5.73 Å². The van der Waals surface area contributed by atoms with Gasteiger partial charge in [-0.25, -0.2) is 0 Å². The van der Waals surface area contributed by atoms with Gasteiger partial charge in [0, 0.05) is 6.42 Å². The van der Waals surface area contributed by atoms with Crippen molar-refractivity contribution in [3.05, 3.63) is 71.0 Å². The van der Waals surface area contributed by atoms with Crippen molar-refractivity contribution in [2.75, 3.05) is 5.32 Å². The summed E-state index contributed by atoms with van der Waals surface area (Å²) in [4.78, 5) is 25.0. The van der Waals surface area contributed by atoms with Gasteiger partial charge in [0.15, 0.2) is 0 Å². The van der Waals surface area contributed by atoms with Crippen LogP contribution in [-0.2, 0) is 20.7 Å². The van der Waals surface area contributed by atoms with Crippen LogP contribution in [0.15, 0.2) is 64.4 Å². The molecule has 1 aromatic carbocycles. The molecular formula is C19H15N3O5S. The van der Waals surface area contributed by atoms with Crippen LogP contribution in [0, 0.1) is 0 Å². The van der Waals surface area contributed by atoms with E-state index in [0.717, 1.165) is 5.56 Å². The smallest absolute Gasteiger partial charge is 0.296 e. The van der Waals surface area contributed by atoms with Crippen molar-refractivity contribution in [1.82, 2.24) is 5.16 Å². The Morgan fingerprint density at radius 1 is 1.18 bits per heavy atom. The normalized spacial score (nSPS) is 15.4. The summed E-state index contributed by atoms with van der Waals surface area (Å²) in [6, 6.07) is 13.2. The number of hydrogen-bond donors (Lipinski definition) is 2. The molecule has 0 aliphatic carbocycles. The van der Waals surface area contributed by atoms with E-state index in [1.54, 1.807) is 12.1 Å². The van der Waals surface area contributed by atoms with Gasteiger partial charge in [-0.1, -0.05) is 41.6 Å². The predicted octanol–water partition coefficient (Wildman–Crippen LogP) is 2.90. The second-order valence-electron chi connectivity index (χ2n) is 5.89. The topological polar surface area (TPSA) is 117 Å². The summed E-state index contributed by atoms with van der Waals surface area (Å²) in [6.45, 7) is 0. The minimum Gasteiger partial charge on any atom is -0.458 e. The Balaban J connectivity index is 1.45. The zero-order valence-electron chi connectivity index (χ0n) is 14.5. The van der Waals surface area contributed by atoms with Crippen molar-refractivity contribution >= 4 is 29.0 Å². The summed E-state index contributed by atoms with van der Waals surface area (Å²) < 4.78 is 16.1. The van der Waals surface area contributed by atoms with Crippen LogP contribution < -0.4 is 11.1 Å². The number of amides is 2. The molecule has 3 aromatic rings. The fourth-order valence-electron chi connectivity index (χ4n) is 2.69. The summed E-state index contributed by atoms with van der Waals surface area (Å²) >= 11 is 1.37. The molecule has 0 fully saturated rings. The molecule has 1 unspecified atom stereocenters. The summed E-state index contributed by atoms with van der Waals surface area (Å²) in [5.74, 6) is -1.58. The molecule has 28 heavy (non-hydrogen) atoms. The average Bonchev–Trinajstić information content (AvgIpc) is 3.43. The van der Waals surface area contributed by atoms with E-state index < -0.39 is 18.1 Å². The molecule has 9 heteroatoms. The number of benzene rings is 1. The number of ether oxygens (including phenoxy) is 2. The third-order valence-electron chi connectivity index (χ3n) is 3.97. The maximum atomic E-state index is 12.5. The van der Waals surface area contributed by atoms with Crippen molar-refractivity contribution in [1.29, 1.82) is 0 Å². The number of nitrogens with one attached hydrogen (secondary N) is 1. The van der Waals surface area contributed by atoms with E-state index >= 15 is 0 Å². The molecule has 0 saturated carbocycles. The highest BCUT2D eigenvalue weighted by atomic mass is 32.1. The zero-order valence-corrected chi connectivity index (χ0v) is 15.3. The zero-order chi connectivity index (χ0) is 19.5. The summed E-state index contributed by atoms with van der Waals surface area (Å²) in [5, 5.41) is 8.15. The van der Waals surface area contributed by atoms with Crippen molar-refractivity contribution in [2.45, 2.75) is 12.7 Å². The van der Waals surface area contributed by atoms with Gasteiger partial charge in [0.25, 0.3) is 11.8 Å². The van der Waals surface area contributed by atoms with E-state index in [2.05, 4.69) is 10.5 Å². The van der Waals surface area contributed by atoms with E-state index in [1.807, 2.05) is 35.7 Å². The lowest BCUT2D eigenvalue weighted by atomic mass is 10.1. The third kappa shape index (κ3) is 3.60. The Hall–Kier alpha value is -3.59. The van der Waals surface area contributed by atoms with Gasteiger partial charge in [-0.3, -0.25) is 14.9 Å². The van der Waals surface area contributed by atoms with Gasteiger partial charge < -0.3 is 19.7 Å². The lowest BCUT2D eigenvalue weighted by Crippen LogP contribution is -2.20. The first-order chi connectivity index (χ1) is 13.6. The molecule has 1 atom stereocenters. The Morgan fingerprint density at radius 3 is 2.71 bits per heavy atom. The number of nitrogens with zero attached hydrogens (tertiary/aromatic N) is 1. The number of rotatable bonds is 6. The van der Waals surface area contributed by atoms with Gasteiger partial charge in [0.1, 0.15) is 17.5 Å². The van der Waals surface area contributed by atoms with Crippen molar-refractivity contribution in [3.63, 3.8) is 0 Å². The number of aromatic nitrogens is 1. The Kier molecular flexibility index (Phi) is 4.81. The molecule has 3 heterocycles. The molecule has 0 spiro atoms. The number of carbonyl (C=O) groups excluding carboxylic acids is 2. The van der Waals surface area contributed by atoms with Crippen LogP contribution in [0.25, 0.3) is 10.6 Å². The van der Waals surface area contributed by atoms with Gasteiger partial charge in [0.2, 0.25) is 17.9 Å². The SMILES string of the molecule is NC(=O)c1c(-c2cccs2)noc1NC(=O)C1=COC(Cc2ccccc2)O1. The van der Waals surface area contributed by atoms with Crippen LogP contribution in [-0.4, -0.2) is 23.3 Å². The average molecular weight is 397 g/mol. The van der Waals surface area contributed by atoms with Gasteiger partial charge in [-0.15, -0.1) is 11.3 Å². The number of primary amides is 1. The molecule has 1 aliphatic heterocycles. The summed E-state index contributed by atoms with van der Waals surface area (Å²) in [6.07, 6.45) is 1.09. The molecule has 1 aliphatic rings. The largest absolute Gasteiger partial charge is 0.458 e. The first-order valence-electron chi connectivity index (χ1n) is 8.32. The number of nitrogens with two attached hydrogens (primary N) is 1. The first kappa shape index (κ1) is 17.8. The third-order valence-corrected chi connectivity index (χ3v) is 4.85. The molecule has 2 amide bonds. The first-order valence-corrected chi connectivity index (χ1v) is 9.20. The van der Waals surface area contributed by atoms with Crippen molar-refractivity contribution < 1.29 is 23.6 Å². The molecular weight excluding hydrogens is 382 g/mol. The number of hydrogen-bond acceptors (Lipinski definition) is 7. The molecule has 0 radical (unpaired) electrons. The van der Waals surface area contributed by atoms with Crippen LogP contribution in [0.1, 0.15) is 15.9 Å². The minimum absolute atomic E-state index is 0.00356. The Labute approximate surface area is 163 Å². The van der Waals surface area contributed by atoms with E-state index in [1.165, 1.54) is 17.6 Å². The molecule has 8 nitrogen and oxygen atoms in total. The van der Waals surface area contributed by atoms with Crippen LogP contribution in [0.2, 0.25) is 0 Å². The minimum atomic E-state index is -0.764. The summed E-state index contributed by atoms with van der Waals surface area (Å²) in [7, 11) is 0. The molecule has 142 valence electrons. The highest BCUT2D eigenvalue weighted by Crippen LogP contribution is 2.32. The lowest BCUT2D eigenvalue weighted by molar-refractivity contribution is -0.118. The fraction of sp³-hybridized carbons (Fsp3) is 0.105. The van der Waals surface area contributed by atoms with Crippen LogP contribution in [0.5, 0.6) is 0 Å². The summed E-state index contributed by atoms with van der Waals surface area (Å²) in [5.41, 5.74) is 6.73. The van der Waals surface area contributed by atoms with Crippen LogP contribution in [0.4, 0.5) is 5.88 Å². The Morgan fingerprint density at radius 2 is 2.00 bits per heavy atom. The maximum absolute atomic E-state index is 12.5. The lowest BCUT2D eigenvalue weighted by Gasteiger charge is -2.11. The van der Waals surface area contributed by atoms with Gasteiger partial charge in [-0.05, 0) is 17.0 Å². The monoisotopic (exact) mass is 397 g/mol. The highest BCUT2D eigenvalue weighted by Gasteiger charge is 2.29. The van der Waals surface area contributed by atoms with Crippen LogP contribution >= 0.6 is 11.3 Å². The van der Waals surface area contributed by atoms with Gasteiger partial charge in [-0.2, -0.15) is 0 Å². The predicted molar refractivity (Wildman–Crippen MR) is 101 cm³/mol. The molecule has 2 aromatic heterocycles. The second-order valence-corrected chi connectivity index (χ2v) is 6.83. The standard InChI is InChI=1S/C19H15N3O5S/c20-17(23)15-16(13-7-4-8-28-13)22-27-19(15)21-18(24)12-10-25-14(26-12)9-11-5-2-1-3-6-11/h1-8,10,14H,9H2,(H2,20,23)(H,21,24). The molecule has 3 N–H and O–H groups in total. The quantitative estimate of drug-likeness (QED) is 0.661. The number of anilines is 1. The maximum Gasteiger partial charge on any atom is 0.296 e. The van der Waals surface area contributed by atoms with Gasteiger partial charge in [0.05, 0.1) is 4.88 Å². The number of carbonyl (C=O) groups is 2. The highest BCUT2D eigenvalue weighted by molar-refractivity contribution is 7.13. The van der Waals surface area contributed by atoms with Crippen LogP contribution in [0.3, 0.4) is 0 Å². The van der Waals surface area contributed by atoms with E-state index in [-0.39, 0.29) is 22.9 Å². The van der Waals surface area contributed by atoms with E-state index in [9.17, 15) is 9.59 Å². The fourth-order valence-corrected chi connectivity index (χ4v) is 3.40. The molecule has 0 saturated heterocycles. The van der Waals surface area contributed by atoms with Crippen molar-refractivity contribution in [3.8, 4) is 10.6 Å². The van der Waals surface area contributed by atoms with E-state index in [4.69, 9.17) is 19.7 Å². The number of thiophene rings is 1. The molecule has 4 rings (SSSR count). The molecule has 0 bridgehead atoms. The van der Waals surface area contributed by atoms with E-state index in [0.29, 0.717) is 11.3 Å². The van der Waals surface area contributed by atoms with Gasteiger partial charge >= 0.3 is 0 Å².